The molecule has 6 heteroatoms. The first kappa shape index (κ1) is 13.6. The number of piperazine rings is 1. The lowest BCUT2D eigenvalue weighted by atomic mass is 10.0. The van der Waals surface area contributed by atoms with Crippen LogP contribution in [0.5, 0.6) is 5.75 Å². The van der Waals surface area contributed by atoms with Gasteiger partial charge in [0.15, 0.2) is 0 Å². The van der Waals surface area contributed by atoms with Crippen molar-refractivity contribution in [1.29, 1.82) is 0 Å². The minimum Gasteiger partial charge on any atom is -0.494 e. The van der Waals surface area contributed by atoms with Gasteiger partial charge in [0.25, 0.3) is 5.69 Å². The molecule has 2 rings (SSSR count). The van der Waals surface area contributed by atoms with Crippen LogP contribution in [0.3, 0.4) is 0 Å². The van der Waals surface area contributed by atoms with E-state index < -0.39 is 4.92 Å². The van der Waals surface area contributed by atoms with Crippen LogP contribution in [0.2, 0.25) is 0 Å². The van der Waals surface area contributed by atoms with Crippen LogP contribution >= 0.6 is 0 Å². The average Bonchev–Trinajstić information content (AvgIpc) is 2.36. The van der Waals surface area contributed by atoms with Crippen LogP contribution in [0.1, 0.15) is 13.8 Å². The Labute approximate surface area is 112 Å². The lowest BCUT2D eigenvalue weighted by molar-refractivity contribution is -0.384. The third kappa shape index (κ3) is 2.96. The molecule has 0 atom stereocenters. The highest BCUT2D eigenvalue weighted by molar-refractivity contribution is 5.63. The molecule has 0 radical (unpaired) electrons. The Bertz CT molecular complexity index is 488. The number of benzene rings is 1. The Hall–Kier alpha value is -1.82. The summed E-state index contributed by atoms with van der Waals surface area (Å²) in [5, 5.41) is 14.2. The topological polar surface area (TPSA) is 67.6 Å². The second kappa shape index (κ2) is 5.05. The van der Waals surface area contributed by atoms with Crippen LogP contribution in [0.25, 0.3) is 0 Å². The molecule has 0 amide bonds. The molecule has 1 heterocycles. The Morgan fingerprint density at radius 3 is 2.79 bits per heavy atom. The highest BCUT2D eigenvalue weighted by Crippen LogP contribution is 2.33. The monoisotopic (exact) mass is 265 g/mol. The van der Waals surface area contributed by atoms with Crippen molar-refractivity contribution in [2.75, 3.05) is 31.6 Å². The minimum atomic E-state index is -0.409. The second-order valence-electron chi connectivity index (χ2n) is 5.35. The van der Waals surface area contributed by atoms with Crippen molar-refractivity contribution < 1.29 is 9.66 Å². The minimum absolute atomic E-state index is 0.0189. The van der Waals surface area contributed by atoms with E-state index in [2.05, 4.69) is 24.1 Å². The molecule has 1 fully saturated rings. The maximum atomic E-state index is 10.8. The zero-order valence-corrected chi connectivity index (χ0v) is 11.5. The molecule has 0 saturated carbocycles. The molecule has 1 saturated heterocycles. The van der Waals surface area contributed by atoms with Crippen LogP contribution in [0, 0.1) is 10.1 Å². The van der Waals surface area contributed by atoms with Gasteiger partial charge in [0.05, 0.1) is 23.8 Å². The fraction of sp³-hybridized carbons (Fsp3) is 0.538. The molecule has 104 valence electrons. The van der Waals surface area contributed by atoms with E-state index in [-0.39, 0.29) is 11.2 Å². The number of hydrogen-bond acceptors (Lipinski definition) is 5. The summed E-state index contributed by atoms with van der Waals surface area (Å²) in [6, 6.07) is 4.76. The van der Waals surface area contributed by atoms with E-state index in [9.17, 15) is 10.1 Å². The van der Waals surface area contributed by atoms with E-state index >= 15 is 0 Å². The third-order valence-electron chi connectivity index (χ3n) is 3.29. The molecule has 19 heavy (non-hydrogen) atoms. The smallest absolute Gasteiger partial charge is 0.273 e. The van der Waals surface area contributed by atoms with Gasteiger partial charge in [0, 0.05) is 31.2 Å². The molecule has 1 aromatic rings. The Morgan fingerprint density at radius 1 is 1.47 bits per heavy atom. The van der Waals surface area contributed by atoms with Gasteiger partial charge < -0.3 is 15.0 Å². The second-order valence-corrected chi connectivity index (χ2v) is 5.35. The summed E-state index contributed by atoms with van der Waals surface area (Å²) < 4.78 is 5.29. The van der Waals surface area contributed by atoms with E-state index in [4.69, 9.17) is 4.74 Å². The first-order chi connectivity index (χ1) is 8.93. The van der Waals surface area contributed by atoms with Crippen LogP contribution in [-0.4, -0.2) is 37.2 Å². The summed E-state index contributed by atoms with van der Waals surface area (Å²) in [5.41, 5.74) is 0.975. The lowest BCUT2D eigenvalue weighted by Crippen LogP contribution is -2.57. The van der Waals surface area contributed by atoms with Gasteiger partial charge in [-0.25, -0.2) is 0 Å². The normalized spacial score (nSPS) is 18.2. The summed E-state index contributed by atoms with van der Waals surface area (Å²) in [6.07, 6.45) is 0. The molecule has 0 unspecified atom stereocenters. The molecule has 0 aliphatic carbocycles. The number of nitro benzene ring substituents is 1. The Morgan fingerprint density at radius 2 is 2.21 bits per heavy atom. The number of nitrogens with one attached hydrogen (secondary N) is 1. The van der Waals surface area contributed by atoms with Crippen LogP contribution in [-0.2, 0) is 0 Å². The molecule has 0 bridgehead atoms. The molecule has 1 aromatic carbocycles. The van der Waals surface area contributed by atoms with Crippen molar-refractivity contribution in [3.8, 4) is 5.75 Å². The van der Waals surface area contributed by atoms with Crippen molar-refractivity contribution in [1.82, 2.24) is 5.32 Å². The molecule has 6 nitrogen and oxygen atoms in total. The SMILES string of the molecule is COc1cc([N+](=O)[O-])ccc1N1CCNC(C)(C)C1. The van der Waals surface area contributed by atoms with E-state index in [1.54, 1.807) is 6.07 Å². The van der Waals surface area contributed by atoms with Gasteiger partial charge in [-0.05, 0) is 19.9 Å². The van der Waals surface area contributed by atoms with Crippen molar-refractivity contribution in [3.05, 3.63) is 28.3 Å². The Kier molecular flexibility index (Phi) is 3.61. The number of ether oxygens (including phenoxy) is 1. The summed E-state index contributed by atoms with van der Waals surface area (Å²) in [7, 11) is 1.54. The predicted molar refractivity (Wildman–Crippen MR) is 73.9 cm³/mol. The predicted octanol–water partition coefficient (Wildman–Crippen LogP) is 1.79. The summed E-state index contributed by atoms with van der Waals surface area (Å²) in [4.78, 5) is 12.6. The van der Waals surface area contributed by atoms with E-state index in [1.807, 2.05) is 0 Å². The van der Waals surface area contributed by atoms with Gasteiger partial charge in [-0.1, -0.05) is 0 Å². The number of rotatable bonds is 3. The zero-order valence-electron chi connectivity index (χ0n) is 11.5. The van der Waals surface area contributed by atoms with Crippen molar-refractivity contribution >= 4 is 11.4 Å². The van der Waals surface area contributed by atoms with Crippen molar-refractivity contribution in [2.24, 2.45) is 0 Å². The molecule has 0 spiro atoms. The Balaban J connectivity index is 2.31. The summed E-state index contributed by atoms with van der Waals surface area (Å²) >= 11 is 0. The third-order valence-corrected chi connectivity index (χ3v) is 3.29. The number of nitro groups is 1. The van der Waals surface area contributed by atoms with Crippen molar-refractivity contribution in [3.63, 3.8) is 0 Å². The van der Waals surface area contributed by atoms with Crippen LogP contribution < -0.4 is 15.0 Å². The van der Waals surface area contributed by atoms with Gasteiger partial charge in [0.2, 0.25) is 0 Å². The quantitative estimate of drug-likeness (QED) is 0.666. The van der Waals surface area contributed by atoms with Crippen LogP contribution in [0.4, 0.5) is 11.4 Å². The fourth-order valence-electron chi connectivity index (χ4n) is 2.39. The molecule has 1 aliphatic rings. The van der Waals surface area contributed by atoms with Crippen LogP contribution in [0.15, 0.2) is 18.2 Å². The zero-order chi connectivity index (χ0) is 14.0. The van der Waals surface area contributed by atoms with E-state index in [0.29, 0.717) is 5.75 Å². The largest absolute Gasteiger partial charge is 0.494 e. The molecular formula is C13H19N3O3. The number of hydrogen-bond donors (Lipinski definition) is 1. The van der Waals surface area contributed by atoms with Gasteiger partial charge in [-0.3, -0.25) is 10.1 Å². The standard InChI is InChI=1S/C13H19N3O3/c1-13(2)9-15(7-6-14-13)11-5-4-10(16(17)18)8-12(11)19-3/h4-5,8,14H,6-7,9H2,1-3H3. The van der Waals surface area contributed by atoms with Crippen molar-refractivity contribution in [2.45, 2.75) is 19.4 Å². The van der Waals surface area contributed by atoms with E-state index in [0.717, 1.165) is 25.3 Å². The number of non-ortho nitro benzene ring substituents is 1. The van der Waals surface area contributed by atoms with Gasteiger partial charge in [0.1, 0.15) is 5.75 Å². The maximum absolute atomic E-state index is 10.8. The average molecular weight is 265 g/mol. The fourth-order valence-corrected chi connectivity index (χ4v) is 2.39. The number of nitrogens with zero attached hydrogens (tertiary/aromatic N) is 2. The first-order valence-corrected chi connectivity index (χ1v) is 6.25. The van der Waals surface area contributed by atoms with Gasteiger partial charge in [-0.2, -0.15) is 0 Å². The van der Waals surface area contributed by atoms with Gasteiger partial charge in [-0.15, -0.1) is 0 Å². The van der Waals surface area contributed by atoms with E-state index in [1.165, 1.54) is 19.2 Å². The highest BCUT2D eigenvalue weighted by Gasteiger charge is 2.27. The maximum Gasteiger partial charge on any atom is 0.273 e. The summed E-state index contributed by atoms with van der Waals surface area (Å²) in [6.45, 7) is 6.85. The molecule has 1 aliphatic heterocycles. The number of anilines is 1. The first-order valence-electron chi connectivity index (χ1n) is 6.25. The lowest BCUT2D eigenvalue weighted by Gasteiger charge is -2.40. The highest BCUT2D eigenvalue weighted by atomic mass is 16.6. The summed E-state index contributed by atoms with van der Waals surface area (Å²) in [5.74, 6) is 0.548. The van der Waals surface area contributed by atoms with Gasteiger partial charge >= 0.3 is 0 Å². The molecule has 0 aromatic heterocycles. The molecular weight excluding hydrogens is 246 g/mol. The molecule has 1 N–H and O–H groups in total. The number of methoxy groups -OCH3 is 1.